The van der Waals surface area contributed by atoms with E-state index in [0.717, 1.165) is 11.1 Å². The molecule has 1 heterocycles. The Morgan fingerprint density at radius 2 is 2.18 bits per heavy atom. The van der Waals surface area contributed by atoms with Gasteiger partial charge in [-0.05, 0) is 43.9 Å². The van der Waals surface area contributed by atoms with Gasteiger partial charge in [-0.1, -0.05) is 12.1 Å². The number of aromatic hydroxyl groups is 1. The second-order valence-electron chi connectivity index (χ2n) is 6.50. The molecule has 1 aliphatic carbocycles. The molecule has 1 aromatic carbocycles. The molecule has 22 heavy (non-hydrogen) atoms. The van der Waals surface area contributed by atoms with Gasteiger partial charge in [-0.15, -0.1) is 0 Å². The Balaban J connectivity index is 1.78. The molecule has 2 aliphatic rings. The minimum atomic E-state index is -3.57. The summed E-state index contributed by atoms with van der Waals surface area (Å²) in [5.74, 6) is 0.242. The molecular formula is C15H22N2O4S. The molecule has 0 spiro atoms. The van der Waals surface area contributed by atoms with Crippen LogP contribution in [0.5, 0.6) is 5.75 Å². The number of benzene rings is 1. The number of hydrogen-bond acceptors (Lipinski definition) is 4. The van der Waals surface area contributed by atoms with E-state index in [1.165, 1.54) is 4.31 Å². The number of morpholine rings is 1. The quantitative estimate of drug-likeness (QED) is 0.878. The molecular weight excluding hydrogens is 304 g/mol. The van der Waals surface area contributed by atoms with Crippen LogP contribution >= 0.6 is 0 Å². The third kappa shape index (κ3) is 2.99. The number of phenolic OH excluding ortho intramolecular Hbond substituents is 1. The molecule has 6 nitrogen and oxygen atoms in total. The van der Waals surface area contributed by atoms with E-state index in [1.54, 1.807) is 12.1 Å². The van der Waals surface area contributed by atoms with E-state index in [9.17, 15) is 13.5 Å². The maximum atomic E-state index is 12.6. The van der Waals surface area contributed by atoms with Gasteiger partial charge in [-0.2, -0.15) is 17.4 Å². The van der Waals surface area contributed by atoms with Crippen LogP contribution in [0.15, 0.2) is 18.2 Å². The van der Waals surface area contributed by atoms with Crippen molar-refractivity contribution in [3.05, 3.63) is 29.3 Å². The van der Waals surface area contributed by atoms with Crippen molar-refractivity contribution in [2.24, 2.45) is 0 Å². The number of nitrogens with zero attached hydrogens (tertiary/aromatic N) is 1. The summed E-state index contributed by atoms with van der Waals surface area (Å²) < 4.78 is 35.0. The second kappa shape index (κ2) is 5.49. The Kier molecular flexibility index (Phi) is 3.92. The van der Waals surface area contributed by atoms with E-state index in [1.807, 2.05) is 19.9 Å². The van der Waals surface area contributed by atoms with Gasteiger partial charge in [0.2, 0.25) is 0 Å². The summed E-state index contributed by atoms with van der Waals surface area (Å²) in [5.41, 5.74) is 1.24. The Bertz CT molecular complexity index is 672. The molecule has 2 N–H and O–H groups in total. The van der Waals surface area contributed by atoms with Crippen LogP contribution in [0, 0.1) is 0 Å². The molecule has 0 aromatic heterocycles. The van der Waals surface area contributed by atoms with Crippen LogP contribution in [0.2, 0.25) is 0 Å². The van der Waals surface area contributed by atoms with Crippen LogP contribution in [0.3, 0.4) is 0 Å². The summed E-state index contributed by atoms with van der Waals surface area (Å²) in [6, 6.07) is 4.98. The first-order valence-electron chi connectivity index (χ1n) is 7.51. The van der Waals surface area contributed by atoms with Gasteiger partial charge in [0.1, 0.15) is 5.75 Å². The smallest absolute Gasteiger partial charge is 0.280 e. The Hall–Kier alpha value is -1.15. The molecule has 1 unspecified atom stereocenters. The monoisotopic (exact) mass is 326 g/mol. The van der Waals surface area contributed by atoms with Crippen LogP contribution in [0.4, 0.5) is 0 Å². The van der Waals surface area contributed by atoms with Gasteiger partial charge in [-0.25, -0.2) is 0 Å². The van der Waals surface area contributed by atoms with E-state index < -0.39 is 15.8 Å². The van der Waals surface area contributed by atoms with Crippen molar-refractivity contribution in [1.82, 2.24) is 9.03 Å². The molecule has 0 saturated carbocycles. The minimum absolute atomic E-state index is 0.242. The molecule has 7 heteroatoms. The van der Waals surface area contributed by atoms with E-state index in [4.69, 9.17) is 4.74 Å². The topological polar surface area (TPSA) is 78.9 Å². The van der Waals surface area contributed by atoms with Gasteiger partial charge in [0.25, 0.3) is 10.2 Å². The van der Waals surface area contributed by atoms with Gasteiger partial charge in [0.05, 0.1) is 12.2 Å². The van der Waals surface area contributed by atoms with Crippen molar-refractivity contribution in [2.45, 2.75) is 38.3 Å². The highest BCUT2D eigenvalue weighted by Crippen LogP contribution is 2.36. The summed E-state index contributed by atoms with van der Waals surface area (Å²) in [4.78, 5) is 0. The molecule has 1 aromatic rings. The fourth-order valence-electron chi connectivity index (χ4n) is 3.19. The fourth-order valence-corrected chi connectivity index (χ4v) is 4.74. The zero-order valence-electron chi connectivity index (χ0n) is 12.9. The van der Waals surface area contributed by atoms with Crippen LogP contribution < -0.4 is 4.72 Å². The number of ether oxygens (including phenoxy) is 1. The van der Waals surface area contributed by atoms with Gasteiger partial charge in [-0.3, -0.25) is 0 Å². The van der Waals surface area contributed by atoms with E-state index in [-0.39, 0.29) is 11.8 Å². The van der Waals surface area contributed by atoms with Crippen molar-refractivity contribution in [1.29, 1.82) is 0 Å². The molecule has 1 aliphatic heterocycles. The molecule has 122 valence electrons. The van der Waals surface area contributed by atoms with Crippen LogP contribution in [-0.4, -0.2) is 43.1 Å². The average molecular weight is 326 g/mol. The van der Waals surface area contributed by atoms with Crippen LogP contribution in [0.25, 0.3) is 0 Å². The molecule has 1 atom stereocenters. The lowest BCUT2D eigenvalue weighted by Gasteiger charge is -2.37. The third-order valence-electron chi connectivity index (χ3n) is 4.27. The highest BCUT2D eigenvalue weighted by Gasteiger charge is 2.36. The first kappa shape index (κ1) is 15.7. The summed E-state index contributed by atoms with van der Waals surface area (Å²) in [6.07, 6.45) is 1.35. The number of fused-ring (bicyclic) bond motifs is 1. The lowest BCUT2D eigenvalue weighted by atomic mass is 10.1. The zero-order valence-corrected chi connectivity index (χ0v) is 13.7. The van der Waals surface area contributed by atoms with Crippen molar-refractivity contribution in [2.75, 3.05) is 19.7 Å². The first-order valence-corrected chi connectivity index (χ1v) is 8.95. The summed E-state index contributed by atoms with van der Waals surface area (Å²) in [5, 5.41) is 9.86. The van der Waals surface area contributed by atoms with Crippen molar-refractivity contribution < 1.29 is 18.3 Å². The van der Waals surface area contributed by atoms with Gasteiger partial charge in [0.15, 0.2) is 0 Å². The lowest BCUT2D eigenvalue weighted by Crippen LogP contribution is -2.53. The van der Waals surface area contributed by atoms with E-state index >= 15 is 0 Å². The van der Waals surface area contributed by atoms with Gasteiger partial charge >= 0.3 is 0 Å². The third-order valence-corrected chi connectivity index (χ3v) is 5.84. The predicted molar refractivity (Wildman–Crippen MR) is 82.8 cm³/mol. The van der Waals surface area contributed by atoms with Crippen molar-refractivity contribution in [3.8, 4) is 5.75 Å². The highest BCUT2D eigenvalue weighted by atomic mass is 32.2. The number of phenols is 1. The number of hydrogen-bond donors (Lipinski definition) is 2. The van der Waals surface area contributed by atoms with Crippen molar-refractivity contribution in [3.63, 3.8) is 0 Å². The SMILES string of the molecule is CC1(C)CN(S(=O)(=O)NC2CCc3c(O)cccc32)CCO1. The Labute approximate surface area is 131 Å². The maximum absolute atomic E-state index is 12.6. The lowest BCUT2D eigenvalue weighted by molar-refractivity contribution is -0.0643. The molecule has 0 radical (unpaired) electrons. The van der Waals surface area contributed by atoms with Crippen molar-refractivity contribution >= 4 is 10.2 Å². The van der Waals surface area contributed by atoms with E-state index in [2.05, 4.69) is 4.72 Å². The largest absolute Gasteiger partial charge is 0.508 e. The molecule has 1 fully saturated rings. The Morgan fingerprint density at radius 3 is 2.91 bits per heavy atom. The maximum Gasteiger partial charge on any atom is 0.280 e. The Morgan fingerprint density at radius 1 is 1.41 bits per heavy atom. The summed E-state index contributed by atoms with van der Waals surface area (Å²) >= 11 is 0. The zero-order chi connectivity index (χ0) is 16.0. The first-order chi connectivity index (χ1) is 10.3. The molecule has 3 rings (SSSR count). The number of nitrogens with one attached hydrogen (secondary N) is 1. The second-order valence-corrected chi connectivity index (χ2v) is 8.20. The van der Waals surface area contributed by atoms with Gasteiger partial charge < -0.3 is 9.84 Å². The fraction of sp³-hybridized carbons (Fsp3) is 0.600. The molecule has 0 bridgehead atoms. The summed E-state index contributed by atoms with van der Waals surface area (Å²) in [7, 11) is -3.57. The number of rotatable bonds is 3. The predicted octanol–water partition coefficient (Wildman–Crippen LogP) is 1.32. The minimum Gasteiger partial charge on any atom is -0.508 e. The van der Waals surface area contributed by atoms with E-state index in [0.29, 0.717) is 32.5 Å². The average Bonchev–Trinajstić information content (AvgIpc) is 2.82. The van der Waals surface area contributed by atoms with Crippen LogP contribution in [-0.2, 0) is 21.4 Å². The highest BCUT2D eigenvalue weighted by molar-refractivity contribution is 7.87. The van der Waals surface area contributed by atoms with Gasteiger partial charge in [0, 0.05) is 19.1 Å². The molecule has 0 amide bonds. The normalized spacial score (nSPS) is 25.1. The molecule has 1 saturated heterocycles. The summed E-state index contributed by atoms with van der Waals surface area (Å²) in [6.45, 7) is 4.87. The standard InChI is InChI=1S/C15H22N2O4S/c1-15(2)10-17(8-9-21-15)22(19,20)16-13-7-6-12-11(13)4-3-5-14(12)18/h3-5,13,16,18H,6-10H2,1-2H3. The van der Waals surface area contributed by atoms with Crippen LogP contribution in [0.1, 0.15) is 37.4 Å².